The second-order valence-corrected chi connectivity index (χ2v) is 9.17. The van der Waals surface area contributed by atoms with Crippen LogP contribution in [0.5, 0.6) is 0 Å². The Morgan fingerprint density at radius 2 is 2.08 bits per heavy atom. The van der Waals surface area contributed by atoms with Gasteiger partial charge in [0.2, 0.25) is 10.0 Å². The first-order chi connectivity index (χ1) is 11.4. The number of aromatic amines is 1. The van der Waals surface area contributed by atoms with E-state index in [1.54, 1.807) is 17.6 Å². The lowest BCUT2D eigenvalue weighted by atomic mass is 10.1. The van der Waals surface area contributed by atoms with Crippen molar-refractivity contribution < 1.29 is 8.42 Å². The fourth-order valence-corrected chi connectivity index (χ4v) is 5.41. The van der Waals surface area contributed by atoms with Crippen molar-refractivity contribution in [3.05, 3.63) is 18.6 Å². The van der Waals surface area contributed by atoms with Crippen molar-refractivity contribution in [1.29, 1.82) is 0 Å². The smallest absolute Gasteiger partial charge is 0.213 e. The van der Waals surface area contributed by atoms with Gasteiger partial charge in [-0.3, -0.25) is 0 Å². The summed E-state index contributed by atoms with van der Waals surface area (Å²) in [6.07, 6.45) is 3.46. The molecule has 7 nitrogen and oxygen atoms in total. The van der Waals surface area contributed by atoms with Crippen LogP contribution in [-0.4, -0.2) is 59.6 Å². The van der Waals surface area contributed by atoms with Crippen molar-refractivity contribution in [1.82, 2.24) is 19.3 Å². The van der Waals surface area contributed by atoms with Crippen molar-refractivity contribution in [2.24, 2.45) is 17.8 Å². The molecule has 1 saturated heterocycles. The molecular formula is C16H23N5O2S. The molecule has 1 aliphatic heterocycles. The largest absolute Gasteiger partial charge is 0.356 e. The van der Waals surface area contributed by atoms with Gasteiger partial charge in [0.25, 0.3) is 0 Å². The lowest BCUT2D eigenvalue weighted by molar-refractivity contribution is 0.390. The van der Waals surface area contributed by atoms with E-state index in [2.05, 4.69) is 33.8 Å². The molecular weight excluding hydrogens is 326 g/mol. The molecule has 2 aromatic heterocycles. The Morgan fingerprint density at radius 3 is 2.75 bits per heavy atom. The Kier molecular flexibility index (Phi) is 3.58. The Labute approximate surface area is 142 Å². The first kappa shape index (κ1) is 15.8. The van der Waals surface area contributed by atoms with Crippen molar-refractivity contribution >= 4 is 26.9 Å². The molecule has 4 atom stereocenters. The van der Waals surface area contributed by atoms with Gasteiger partial charge in [0, 0.05) is 32.4 Å². The van der Waals surface area contributed by atoms with Gasteiger partial charge in [0.15, 0.2) is 0 Å². The van der Waals surface area contributed by atoms with Crippen LogP contribution in [0, 0.1) is 17.8 Å². The van der Waals surface area contributed by atoms with Gasteiger partial charge < -0.3 is 9.88 Å². The van der Waals surface area contributed by atoms with Gasteiger partial charge in [0.05, 0.1) is 11.1 Å². The van der Waals surface area contributed by atoms with Crippen LogP contribution in [0.25, 0.3) is 11.0 Å². The molecule has 24 heavy (non-hydrogen) atoms. The van der Waals surface area contributed by atoms with Crippen LogP contribution in [0.2, 0.25) is 0 Å². The van der Waals surface area contributed by atoms with Crippen LogP contribution in [0.4, 0.5) is 5.82 Å². The molecule has 0 spiro atoms. The fraction of sp³-hybridized carbons (Fsp3) is 0.625. The lowest BCUT2D eigenvalue weighted by Crippen LogP contribution is -2.38. The Bertz CT molecular complexity index is 852. The van der Waals surface area contributed by atoms with E-state index in [0.717, 1.165) is 16.9 Å². The van der Waals surface area contributed by atoms with Gasteiger partial charge >= 0.3 is 0 Å². The van der Waals surface area contributed by atoms with Crippen LogP contribution in [0.1, 0.15) is 13.8 Å². The van der Waals surface area contributed by atoms with Gasteiger partial charge in [-0.05, 0) is 37.7 Å². The normalized spacial score (nSPS) is 28.0. The number of sulfonamides is 1. The van der Waals surface area contributed by atoms with E-state index in [4.69, 9.17) is 0 Å². The summed E-state index contributed by atoms with van der Waals surface area (Å²) in [6, 6.07) is 2.32. The summed E-state index contributed by atoms with van der Waals surface area (Å²) in [5.41, 5.74) is 0.843. The first-order valence-electron chi connectivity index (χ1n) is 8.42. The standard InChI is InChI=1S/C16H23N5O2S/c1-4-24(22,23)21-7-12-13(8-21)14(12)10(2)20(3)16-11-5-6-17-15(11)18-9-19-16/h5-6,9-10,12-14H,4,7-8H2,1-3H3,(H,17,18,19)/t10?,12-,13?,14?/m1/s1. The highest BCUT2D eigenvalue weighted by atomic mass is 32.2. The highest BCUT2D eigenvalue weighted by Gasteiger charge is 2.60. The number of fused-ring (bicyclic) bond motifs is 2. The van der Waals surface area contributed by atoms with Crippen LogP contribution in [-0.2, 0) is 10.0 Å². The second-order valence-electron chi connectivity index (χ2n) is 6.91. The highest BCUT2D eigenvalue weighted by Crippen LogP contribution is 2.55. The minimum Gasteiger partial charge on any atom is -0.356 e. The second kappa shape index (κ2) is 5.42. The van der Waals surface area contributed by atoms with Crippen molar-refractivity contribution in [2.45, 2.75) is 19.9 Å². The zero-order chi connectivity index (χ0) is 17.1. The van der Waals surface area contributed by atoms with E-state index in [1.807, 2.05) is 12.3 Å². The molecule has 3 heterocycles. The van der Waals surface area contributed by atoms with E-state index in [-0.39, 0.29) is 5.75 Å². The summed E-state index contributed by atoms with van der Waals surface area (Å²) in [4.78, 5) is 14.0. The number of rotatable bonds is 5. The average molecular weight is 349 g/mol. The number of aromatic nitrogens is 3. The predicted molar refractivity (Wildman–Crippen MR) is 93.3 cm³/mol. The van der Waals surface area contributed by atoms with Crippen LogP contribution in [0.3, 0.4) is 0 Å². The highest BCUT2D eigenvalue weighted by molar-refractivity contribution is 7.89. The number of nitrogens with one attached hydrogen (secondary N) is 1. The van der Waals surface area contributed by atoms with Crippen molar-refractivity contribution in [3.8, 4) is 0 Å². The summed E-state index contributed by atoms with van der Waals surface area (Å²) < 4.78 is 25.7. The third kappa shape index (κ3) is 2.31. The topological polar surface area (TPSA) is 82.2 Å². The Hall–Kier alpha value is -1.67. The van der Waals surface area contributed by atoms with Gasteiger partial charge in [-0.2, -0.15) is 0 Å². The molecule has 0 bridgehead atoms. The van der Waals surface area contributed by atoms with E-state index >= 15 is 0 Å². The minimum absolute atomic E-state index is 0.193. The number of anilines is 1. The van der Waals surface area contributed by atoms with Crippen LogP contribution < -0.4 is 4.90 Å². The average Bonchev–Trinajstić information content (AvgIpc) is 2.98. The molecule has 8 heteroatoms. The molecule has 0 radical (unpaired) electrons. The number of piperidine rings is 1. The molecule has 3 unspecified atom stereocenters. The number of nitrogens with zero attached hydrogens (tertiary/aromatic N) is 4. The molecule has 2 aromatic rings. The van der Waals surface area contributed by atoms with E-state index in [9.17, 15) is 8.42 Å². The molecule has 130 valence electrons. The summed E-state index contributed by atoms with van der Waals surface area (Å²) in [5.74, 6) is 2.61. The molecule has 2 aliphatic rings. The Morgan fingerprint density at radius 1 is 1.38 bits per heavy atom. The maximum Gasteiger partial charge on any atom is 0.213 e. The van der Waals surface area contributed by atoms with E-state index < -0.39 is 10.0 Å². The van der Waals surface area contributed by atoms with Crippen LogP contribution in [0.15, 0.2) is 18.6 Å². The number of H-pyrrole nitrogens is 1. The van der Waals surface area contributed by atoms with Crippen molar-refractivity contribution in [3.63, 3.8) is 0 Å². The molecule has 0 amide bonds. The maximum absolute atomic E-state index is 12.0. The lowest BCUT2D eigenvalue weighted by Gasteiger charge is -2.29. The monoisotopic (exact) mass is 349 g/mol. The van der Waals surface area contributed by atoms with Crippen LogP contribution >= 0.6 is 0 Å². The van der Waals surface area contributed by atoms with E-state index in [1.165, 1.54) is 0 Å². The predicted octanol–water partition coefficient (Wildman–Crippen LogP) is 1.31. The molecule has 0 aromatic carbocycles. The van der Waals surface area contributed by atoms with Crippen molar-refractivity contribution in [2.75, 3.05) is 30.8 Å². The Balaban J connectivity index is 1.49. The molecule has 2 fully saturated rings. The molecule has 4 rings (SSSR count). The van der Waals surface area contributed by atoms with Gasteiger partial charge in [-0.15, -0.1) is 0 Å². The van der Waals surface area contributed by atoms with Gasteiger partial charge in [-0.25, -0.2) is 22.7 Å². The third-order valence-electron chi connectivity index (χ3n) is 5.82. The summed E-state index contributed by atoms with van der Waals surface area (Å²) >= 11 is 0. The molecule has 1 saturated carbocycles. The van der Waals surface area contributed by atoms with Gasteiger partial charge in [0.1, 0.15) is 17.8 Å². The van der Waals surface area contributed by atoms with E-state index in [0.29, 0.717) is 36.9 Å². The zero-order valence-electron chi connectivity index (χ0n) is 14.2. The minimum atomic E-state index is -3.05. The SMILES string of the molecule is CCS(=O)(=O)N1CC2C(C(C)N(C)c3ncnc4[nH]ccc34)[C@@H]2C1. The summed E-state index contributed by atoms with van der Waals surface area (Å²) in [5, 5.41) is 1.02. The fourth-order valence-electron chi connectivity index (χ4n) is 4.25. The number of hydrogen-bond acceptors (Lipinski definition) is 5. The first-order valence-corrected chi connectivity index (χ1v) is 10.0. The zero-order valence-corrected chi connectivity index (χ0v) is 15.0. The quantitative estimate of drug-likeness (QED) is 0.880. The molecule has 1 aliphatic carbocycles. The third-order valence-corrected chi connectivity index (χ3v) is 7.63. The summed E-state index contributed by atoms with van der Waals surface area (Å²) in [6.45, 7) is 5.27. The van der Waals surface area contributed by atoms with Gasteiger partial charge in [-0.1, -0.05) is 0 Å². The maximum atomic E-state index is 12.0. The number of hydrogen-bond donors (Lipinski definition) is 1. The molecule has 1 N–H and O–H groups in total. The summed E-state index contributed by atoms with van der Waals surface area (Å²) in [7, 11) is -0.985.